The highest BCUT2D eigenvalue weighted by Gasteiger charge is 2.24. The van der Waals surface area contributed by atoms with Gasteiger partial charge in [-0.25, -0.2) is 4.79 Å². The van der Waals surface area contributed by atoms with Crippen LogP contribution in [0.25, 0.3) is 22.2 Å². The molecule has 0 bridgehead atoms. The molecule has 4 aromatic rings. The number of nitrogens with zero attached hydrogens (tertiary/aromatic N) is 2. The number of aromatic amines is 1. The van der Waals surface area contributed by atoms with Gasteiger partial charge in [-0.05, 0) is 65.9 Å². The Hall–Kier alpha value is -4.63. The molecule has 39 heavy (non-hydrogen) atoms. The molecule has 3 aromatic carbocycles. The topological polar surface area (TPSA) is 108 Å². The van der Waals surface area contributed by atoms with Gasteiger partial charge in [-0.3, -0.25) is 19.1 Å². The van der Waals surface area contributed by atoms with Crippen LogP contribution in [0.2, 0.25) is 0 Å². The van der Waals surface area contributed by atoms with Gasteiger partial charge in [0.05, 0.1) is 16.7 Å². The largest absolute Gasteiger partial charge is 0.482 e. The highest BCUT2D eigenvalue weighted by molar-refractivity contribution is 6.00. The van der Waals surface area contributed by atoms with Crippen LogP contribution in [-0.4, -0.2) is 46.0 Å². The van der Waals surface area contributed by atoms with Crippen molar-refractivity contribution < 1.29 is 14.3 Å². The van der Waals surface area contributed by atoms with Crippen molar-refractivity contribution in [3.05, 3.63) is 89.4 Å². The Labute approximate surface area is 225 Å². The monoisotopic (exact) mass is 523 g/mol. The first-order chi connectivity index (χ1) is 19.0. The van der Waals surface area contributed by atoms with Gasteiger partial charge in [-0.2, -0.15) is 0 Å². The SMILES string of the molecule is C=CC(=O)Nc1ccc2[nH]c(=O)n(C3CCN(Cc4ccc(-c5ccc6c(c5)NC(=O)CO6)cc4)CC3)c2c1. The Morgan fingerprint density at radius 1 is 1.03 bits per heavy atom. The molecule has 0 saturated carbocycles. The molecule has 1 aromatic heterocycles. The quantitative estimate of drug-likeness (QED) is 0.327. The number of amides is 2. The van der Waals surface area contributed by atoms with Crippen LogP contribution in [-0.2, 0) is 16.1 Å². The first-order valence-corrected chi connectivity index (χ1v) is 13.0. The number of carbonyl (C=O) groups is 2. The predicted octanol–water partition coefficient (Wildman–Crippen LogP) is 4.29. The molecule has 0 atom stereocenters. The van der Waals surface area contributed by atoms with Crippen LogP contribution in [0.4, 0.5) is 11.4 Å². The lowest BCUT2D eigenvalue weighted by molar-refractivity contribution is -0.118. The number of likely N-dealkylation sites (tertiary alicyclic amines) is 1. The van der Waals surface area contributed by atoms with Crippen molar-refractivity contribution in [1.29, 1.82) is 0 Å². The maximum atomic E-state index is 12.8. The van der Waals surface area contributed by atoms with Crippen molar-refractivity contribution in [1.82, 2.24) is 14.5 Å². The number of aromatic nitrogens is 2. The molecular formula is C30H29N5O4. The van der Waals surface area contributed by atoms with Gasteiger partial charge in [0.1, 0.15) is 5.75 Å². The van der Waals surface area contributed by atoms with Gasteiger partial charge in [0, 0.05) is 31.4 Å². The van der Waals surface area contributed by atoms with Gasteiger partial charge in [-0.15, -0.1) is 0 Å². The van der Waals surface area contributed by atoms with E-state index >= 15 is 0 Å². The molecular weight excluding hydrogens is 494 g/mol. The Morgan fingerprint density at radius 3 is 2.56 bits per heavy atom. The summed E-state index contributed by atoms with van der Waals surface area (Å²) in [6.45, 7) is 6.13. The van der Waals surface area contributed by atoms with Crippen molar-refractivity contribution in [2.45, 2.75) is 25.4 Å². The van der Waals surface area contributed by atoms with E-state index in [9.17, 15) is 14.4 Å². The lowest BCUT2D eigenvalue weighted by Crippen LogP contribution is -2.36. The molecule has 3 heterocycles. The second-order valence-electron chi connectivity index (χ2n) is 9.98. The number of benzene rings is 3. The maximum absolute atomic E-state index is 12.8. The summed E-state index contributed by atoms with van der Waals surface area (Å²) < 4.78 is 7.29. The fourth-order valence-electron chi connectivity index (χ4n) is 5.41. The van der Waals surface area contributed by atoms with Gasteiger partial charge in [-0.1, -0.05) is 36.9 Å². The second kappa shape index (κ2) is 10.3. The van der Waals surface area contributed by atoms with Gasteiger partial charge in [0.2, 0.25) is 5.91 Å². The molecule has 0 radical (unpaired) electrons. The van der Waals surface area contributed by atoms with Crippen LogP contribution in [0.15, 0.2) is 78.1 Å². The minimum Gasteiger partial charge on any atom is -0.482 e. The van der Waals surface area contributed by atoms with Crippen LogP contribution in [0, 0.1) is 0 Å². The van der Waals surface area contributed by atoms with Crippen LogP contribution in [0.1, 0.15) is 24.4 Å². The number of hydrogen-bond donors (Lipinski definition) is 3. The number of H-pyrrole nitrogens is 1. The first kappa shape index (κ1) is 24.7. The third kappa shape index (κ3) is 5.08. The number of fused-ring (bicyclic) bond motifs is 2. The Bertz CT molecular complexity index is 1630. The summed E-state index contributed by atoms with van der Waals surface area (Å²) in [6, 6.07) is 19.8. The van der Waals surface area contributed by atoms with E-state index < -0.39 is 0 Å². The predicted molar refractivity (Wildman–Crippen MR) is 151 cm³/mol. The first-order valence-electron chi connectivity index (χ1n) is 13.0. The van der Waals surface area contributed by atoms with Gasteiger partial charge < -0.3 is 20.4 Å². The Kier molecular flexibility index (Phi) is 6.50. The number of rotatable bonds is 6. The fourth-order valence-corrected chi connectivity index (χ4v) is 5.41. The highest BCUT2D eigenvalue weighted by atomic mass is 16.5. The number of hydrogen-bond acceptors (Lipinski definition) is 5. The highest BCUT2D eigenvalue weighted by Crippen LogP contribution is 2.33. The number of ether oxygens (including phenoxy) is 1. The summed E-state index contributed by atoms with van der Waals surface area (Å²) in [5.74, 6) is 0.259. The summed E-state index contributed by atoms with van der Waals surface area (Å²) >= 11 is 0. The zero-order chi connectivity index (χ0) is 26.9. The average Bonchev–Trinajstić information content (AvgIpc) is 3.28. The van der Waals surface area contributed by atoms with Gasteiger partial charge in [0.25, 0.3) is 5.91 Å². The molecule has 2 aliphatic heterocycles. The summed E-state index contributed by atoms with van der Waals surface area (Å²) in [5.41, 5.74) is 6.07. The average molecular weight is 524 g/mol. The molecule has 3 N–H and O–H groups in total. The molecule has 0 spiro atoms. The number of piperidine rings is 1. The zero-order valence-electron chi connectivity index (χ0n) is 21.4. The minimum absolute atomic E-state index is 0.0491. The van der Waals surface area contributed by atoms with E-state index in [4.69, 9.17) is 4.74 Å². The van der Waals surface area contributed by atoms with E-state index in [1.807, 2.05) is 34.9 Å². The molecule has 1 fully saturated rings. The van der Waals surface area contributed by atoms with Crippen LogP contribution in [0.3, 0.4) is 0 Å². The number of imidazole rings is 1. The Balaban J connectivity index is 1.11. The fraction of sp³-hybridized carbons (Fsp3) is 0.233. The van der Waals surface area contributed by atoms with Crippen molar-refractivity contribution in [2.24, 2.45) is 0 Å². The van der Waals surface area contributed by atoms with E-state index in [0.717, 1.165) is 54.6 Å². The number of carbonyl (C=O) groups excluding carboxylic acids is 2. The van der Waals surface area contributed by atoms with Crippen LogP contribution < -0.4 is 21.1 Å². The molecule has 0 unspecified atom stereocenters. The Morgan fingerprint density at radius 2 is 1.79 bits per heavy atom. The van der Waals surface area contributed by atoms with Crippen molar-refractivity contribution >= 4 is 34.2 Å². The lowest BCUT2D eigenvalue weighted by Gasteiger charge is -2.32. The van der Waals surface area contributed by atoms with E-state index in [1.165, 1.54) is 11.6 Å². The van der Waals surface area contributed by atoms with Gasteiger partial charge in [0.15, 0.2) is 6.61 Å². The van der Waals surface area contributed by atoms with E-state index in [2.05, 4.69) is 51.4 Å². The summed E-state index contributed by atoms with van der Waals surface area (Å²) in [7, 11) is 0. The molecule has 6 rings (SSSR count). The smallest absolute Gasteiger partial charge is 0.326 e. The maximum Gasteiger partial charge on any atom is 0.326 e. The molecule has 2 aliphatic rings. The summed E-state index contributed by atoms with van der Waals surface area (Å²) in [5, 5.41) is 5.63. The third-order valence-corrected chi connectivity index (χ3v) is 7.40. The molecule has 1 saturated heterocycles. The molecule has 198 valence electrons. The summed E-state index contributed by atoms with van der Waals surface area (Å²) in [4.78, 5) is 41.5. The number of nitrogens with one attached hydrogen (secondary N) is 3. The molecule has 2 amide bonds. The zero-order valence-corrected chi connectivity index (χ0v) is 21.4. The van der Waals surface area contributed by atoms with Crippen LogP contribution >= 0.6 is 0 Å². The third-order valence-electron chi connectivity index (χ3n) is 7.40. The normalized spacial score (nSPS) is 15.8. The number of anilines is 2. The standard InChI is InChI=1S/C30H29N5O4/c1-2-28(36)31-22-8-9-24-26(16-22)35(30(38)33-24)23-11-13-34(14-12-23)17-19-3-5-20(6-4-19)21-7-10-27-25(15-21)32-29(37)18-39-27/h2-10,15-16,23H,1,11-14,17-18H2,(H,31,36)(H,32,37)(H,33,38). The van der Waals surface area contributed by atoms with Crippen molar-refractivity contribution in [3.63, 3.8) is 0 Å². The van der Waals surface area contributed by atoms with Gasteiger partial charge >= 0.3 is 5.69 Å². The van der Waals surface area contributed by atoms with E-state index in [-0.39, 0.29) is 30.2 Å². The second-order valence-corrected chi connectivity index (χ2v) is 9.98. The van der Waals surface area contributed by atoms with E-state index in [0.29, 0.717) is 17.1 Å². The molecule has 9 heteroatoms. The van der Waals surface area contributed by atoms with Crippen molar-refractivity contribution in [3.8, 4) is 16.9 Å². The van der Waals surface area contributed by atoms with E-state index in [1.54, 1.807) is 6.07 Å². The van der Waals surface area contributed by atoms with Crippen molar-refractivity contribution in [2.75, 3.05) is 30.3 Å². The lowest BCUT2D eigenvalue weighted by atomic mass is 10.0. The molecule has 0 aliphatic carbocycles. The van der Waals surface area contributed by atoms with Crippen LogP contribution in [0.5, 0.6) is 5.75 Å². The minimum atomic E-state index is -0.286. The molecule has 9 nitrogen and oxygen atoms in total. The summed E-state index contributed by atoms with van der Waals surface area (Å²) in [6.07, 6.45) is 2.94.